The summed E-state index contributed by atoms with van der Waals surface area (Å²) in [5.41, 5.74) is 12.5. The Morgan fingerprint density at radius 3 is 2.70 bits per heavy atom. The number of hydrogen-bond donors (Lipinski definition) is 3. The maximum absolute atomic E-state index is 11.3. The molecule has 0 spiro atoms. The van der Waals surface area contributed by atoms with Crippen LogP contribution in [0.2, 0.25) is 0 Å². The molecule has 1 aromatic carbocycles. The van der Waals surface area contributed by atoms with Gasteiger partial charge in [0.1, 0.15) is 10.8 Å². The van der Waals surface area contributed by atoms with Crippen LogP contribution in [0.15, 0.2) is 51.4 Å². The predicted molar refractivity (Wildman–Crippen MR) is 79.5 cm³/mol. The van der Waals surface area contributed by atoms with Crippen molar-refractivity contribution in [1.29, 1.82) is 0 Å². The summed E-state index contributed by atoms with van der Waals surface area (Å²) in [6.45, 7) is 0. The first-order valence-corrected chi connectivity index (χ1v) is 6.63. The van der Waals surface area contributed by atoms with Gasteiger partial charge >= 0.3 is 0 Å². The Balaban J connectivity index is 1.98. The lowest BCUT2D eigenvalue weighted by atomic mass is 10.2. The molecule has 0 saturated carbocycles. The van der Waals surface area contributed by atoms with Gasteiger partial charge in [0.2, 0.25) is 0 Å². The molecule has 0 amide bonds. The van der Waals surface area contributed by atoms with Gasteiger partial charge in [0.05, 0.1) is 5.52 Å². The molecular formula is C13H11N5OS. The molecular weight excluding hydrogens is 274 g/mol. The number of H-pyrrole nitrogens is 1. The number of hydrogen-bond acceptors (Lipinski definition) is 6. The number of anilines is 2. The van der Waals surface area contributed by atoms with E-state index in [9.17, 15) is 4.79 Å². The lowest BCUT2D eigenvalue weighted by molar-refractivity contribution is 0.941. The summed E-state index contributed by atoms with van der Waals surface area (Å²) in [7, 11) is 0. The van der Waals surface area contributed by atoms with Crippen LogP contribution in [-0.2, 0) is 0 Å². The van der Waals surface area contributed by atoms with Gasteiger partial charge in [-0.1, -0.05) is 6.07 Å². The number of nitrogens with one attached hydrogen (secondary N) is 1. The first kappa shape index (κ1) is 12.5. The van der Waals surface area contributed by atoms with Gasteiger partial charge in [-0.25, -0.2) is 9.97 Å². The molecule has 6 nitrogen and oxygen atoms in total. The second-order valence-corrected chi connectivity index (χ2v) is 5.19. The third-order valence-corrected chi connectivity index (χ3v) is 3.45. The molecule has 7 heteroatoms. The Morgan fingerprint density at radius 2 is 1.90 bits per heavy atom. The molecule has 0 unspecified atom stereocenters. The standard InChI is InChI=1S/C13H11N5OS/c14-8-2-3-9-7(5-8)1-4-12(16-9)20-13-17-10(15)6-11(19)18-13/h1-6H,14H2,(H3,15,17,18,19). The fraction of sp³-hybridized carbons (Fsp3) is 0. The quantitative estimate of drug-likeness (QED) is 0.487. The van der Waals surface area contributed by atoms with Gasteiger partial charge in [-0.05, 0) is 36.0 Å². The lowest BCUT2D eigenvalue weighted by Gasteiger charge is -2.03. The van der Waals surface area contributed by atoms with Crippen LogP contribution >= 0.6 is 11.8 Å². The van der Waals surface area contributed by atoms with Crippen molar-refractivity contribution in [2.45, 2.75) is 10.2 Å². The first-order valence-electron chi connectivity index (χ1n) is 5.81. The van der Waals surface area contributed by atoms with Crippen LogP contribution in [0.1, 0.15) is 0 Å². The van der Waals surface area contributed by atoms with E-state index in [0.717, 1.165) is 15.9 Å². The molecule has 0 radical (unpaired) electrons. The number of nitrogen functional groups attached to an aromatic ring is 2. The fourth-order valence-electron chi connectivity index (χ4n) is 1.78. The zero-order valence-corrected chi connectivity index (χ0v) is 11.1. The topological polar surface area (TPSA) is 111 Å². The van der Waals surface area contributed by atoms with Gasteiger partial charge in [0.25, 0.3) is 5.56 Å². The molecule has 100 valence electrons. The number of fused-ring (bicyclic) bond motifs is 1. The van der Waals surface area contributed by atoms with Crippen LogP contribution in [0, 0.1) is 0 Å². The molecule has 0 atom stereocenters. The van der Waals surface area contributed by atoms with Crippen LogP contribution in [0.4, 0.5) is 11.5 Å². The number of pyridine rings is 1. The number of nitrogens with two attached hydrogens (primary N) is 2. The van der Waals surface area contributed by atoms with Crippen LogP contribution in [0.3, 0.4) is 0 Å². The highest BCUT2D eigenvalue weighted by atomic mass is 32.2. The van der Waals surface area contributed by atoms with Gasteiger partial charge in [-0.15, -0.1) is 0 Å². The van der Waals surface area contributed by atoms with E-state index >= 15 is 0 Å². The molecule has 5 N–H and O–H groups in total. The van der Waals surface area contributed by atoms with E-state index < -0.39 is 0 Å². The Kier molecular flexibility index (Phi) is 3.03. The minimum absolute atomic E-state index is 0.185. The van der Waals surface area contributed by atoms with Crippen molar-refractivity contribution in [3.8, 4) is 0 Å². The number of benzene rings is 1. The van der Waals surface area contributed by atoms with E-state index in [-0.39, 0.29) is 11.4 Å². The summed E-state index contributed by atoms with van der Waals surface area (Å²) in [6, 6.07) is 10.5. The molecule has 2 aromatic heterocycles. The predicted octanol–water partition coefficient (Wildman–Crippen LogP) is 1.63. The Labute approximate surface area is 118 Å². The fourth-order valence-corrected chi connectivity index (χ4v) is 2.56. The average Bonchev–Trinajstić information content (AvgIpc) is 2.38. The van der Waals surface area contributed by atoms with Crippen molar-refractivity contribution in [2.75, 3.05) is 11.5 Å². The second kappa shape index (κ2) is 4.86. The maximum Gasteiger partial charge on any atom is 0.253 e. The van der Waals surface area contributed by atoms with Gasteiger partial charge in [0, 0.05) is 17.1 Å². The maximum atomic E-state index is 11.3. The summed E-state index contributed by atoms with van der Waals surface area (Å²) in [5, 5.41) is 2.09. The van der Waals surface area contributed by atoms with E-state index in [0.29, 0.717) is 10.8 Å². The summed E-state index contributed by atoms with van der Waals surface area (Å²) >= 11 is 1.25. The highest BCUT2D eigenvalue weighted by Gasteiger charge is 2.04. The Hall–Kier alpha value is -2.54. The molecule has 3 aromatic rings. The molecule has 3 rings (SSSR count). The smallest absolute Gasteiger partial charge is 0.253 e. The SMILES string of the molecule is Nc1ccc2nc(Sc3nc(N)cc(=O)[nH]3)ccc2c1. The van der Waals surface area contributed by atoms with Crippen molar-refractivity contribution in [2.24, 2.45) is 0 Å². The average molecular weight is 285 g/mol. The minimum Gasteiger partial charge on any atom is -0.399 e. The highest BCUT2D eigenvalue weighted by Crippen LogP contribution is 2.25. The Morgan fingerprint density at radius 1 is 1.05 bits per heavy atom. The monoisotopic (exact) mass is 285 g/mol. The van der Waals surface area contributed by atoms with Crippen LogP contribution in [0.25, 0.3) is 10.9 Å². The molecule has 0 bridgehead atoms. The third-order valence-electron chi connectivity index (χ3n) is 2.63. The molecule has 0 aliphatic rings. The third kappa shape index (κ3) is 2.57. The van der Waals surface area contributed by atoms with Gasteiger partial charge in [-0.3, -0.25) is 4.79 Å². The van der Waals surface area contributed by atoms with E-state index in [1.54, 1.807) is 6.07 Å². The summed E-state index contributed by atoms with van der Waals surface area (Å²) < 4.78 is 0. The van der Waals surface area contributed by atoms with Crippen molar-refractivity contribution >= 4 is 34.2 Å². The van der Waals surface area contributed by atoms with E-state index in [1.807, 2.05) is 24.3 Å². The molecule has 0 fully saturated rings. The first-order chi connectivity index (χ1) is 9.60. The summed E-state index contributed by atoms with van der Waals surface area (Å²) in [4.78, 5) is 22.5. The summed E-state index contributed by atoms with van der Waals surface area (Å²) in [6.07, 6.45) is 0. The van der Waals surface area contributed by atoms with Crippen molar-refractivity contribution in [3.05, 3.63) is 46.8 Å². The van der Waals surface area contributed by atoms with Crippen LogP contribution in [-0.4, -0.2) is 15.0 Å². The van der Waals surface area contributed by atoms with Gasteiger partial charge in [0.15, 0.2) is 5.16 Å². The van der Waals surface area contributed by atoms with Gasteiger partial charge < -0.3 is 16.5 Å². The molecule has 2 heterocycles. The van der Waals surface area contributed by atoms with Crippen molar-refractivity contribution in [3.63, 3.8) is 0 Å². The lowest BCUT2D eigenvalue weighted by Crippen LogP contribution is -2.09. The van der Waals surface area contributed by atoms with Gasteiger partial charge in [-0.2, -0.15) is 0 Å². The zero-order valence-electron chi connectivity index (χ0n) is 10.3. The normalized spacial score (nSPS) is 10.8. The van der Waals surface area contributed by atoms with E-state index in [4.69, 9.17) is 11.5 Å². The summed E-state index contributed by atoms with van der Waals surface area (Å²) in [5.74, 6) is 0.185. The number of nitrogens with zero attached hydrogens (tertiary/aromatic N) is 2. The number of rotatable bonds is 2. The second-order valence-electron chi connectivity index (χ2n) is 4.18. The number of aromatic amines is 1. The zero-order chi connectivity index (χ0) is 14.1. The molecule has 0 saturated heterocycles. The molecule has 20 heavy (non-hydrogen) atoms. The minimum atomic E-state index is -0.284. The van der Waals surface area contributed by atoms with Crippen molar-refractivity contribution < 1.29 is 0 Å². The molecule has 0 aliphatic heterocycles. The Bertz CT molecular complexity index is 846. The van der Waals surface area contributed by atoms with E-state index in [2.05, 4.69) is 15.0 Å². The van der Waals surface area contributed by atoms with E-state index in [1.165, 1.54) is 17.8 Å². The van der Waals surface area contributed by atoms with Crippen LogP contribution < -0.4 is 17.0 Å². The van der Waals surface area contributed by atoms with Crippen LogP contribution in [0.5, 0.6) is 0 Å². The number of aromatic nitrogens is 3. The largest absolute Gasteiger partial charge is 0.399 e. The van der Waals surface area contributed by atoms with Crippen molar-refractivity contribution in [1.82, 2.24) is 15.0 Å². The highest BCUT2D eigenvalue weighted by molar-refractivity contribution is 7.99. The molecule has 0 aliphatic carbocycles.